The number of halogens is 1. The second-order valence-corrected chi connectivity index (χ2v) is 6.19. The molecule has 3 amide bonds. The molecule has 24 heavy (non-hydrogen) atoms. The number of urea groups is 1. The number of nitrogens with zero attached hydrogens (tertiary/aromatic N) is 3. The zero-order valence-electron chi connectivity index (χ0n) is 14.1. The minimum atomic E-state index is -0.525. The van der Waals surface area contributed by atoms with Crippen molar-refractivity contribution in [1.29, 1.82) is 0 Å². The third-order valence-electron chi connectivity index (χ3n) is 3.46. The number of benzene rings is 1. The lowest BCUT2D eigenvalue weighted by Gasteiger charge is -2.26. The summed E-state index contributed by atoms with van der Waals surface area (Å²) in [6.45, 7) is 3.78. The molecule has 1 aliphatic heterocycles. The highest BCUT2D eigenvalue weighted by atomic mass is 35.5. The first kappa shape index (κ1) is 18.5. The Morgan fingerprint density at radius 3 is 2.58 bits per heavy atom. The first-order valence-corrected chi connectivity index (χ1v) is 7.93. The maximum Gasteiger partial charge on any atom is 0.340 e. The van der Waals surface area contributed by atoms with Crippen LogP contribution in [0.15, 0.2) is 24.3 Å². The maximum atomic E-state index is 12.2. The summed E-state index contributed by atoms with van der Waals surface area (Å²) < 4.78 is 5.58. The van der Waals surface area contributed by atoms with Crippen LogP contribution >= 0.6 is 11.6 Å². The Labute approximate surface area is 146 Å². The fourth-order valence-corrected chi connectivity index (χ4v) is 2.31. The third-order valence-corrected chi connectivity index (χ3v) is 3.72. The molecule has 1 aliphatic rings. The van der Waals surface area contributed by atoms with Gasteiger partial charge in [0.25, 0.3) is 5.91 Å². The van der Waals surface area contributed by atoms with Crippen LogP contribution < -0.4 is 15.6 Å². The number of amides is 3. The van der Waals surface area contributed by atoms with Crippen molar-refractivity contribution in [2.45, 2.75) is 25.9 Å². The number of carbonyl (C=O) groups excluding carboxylic acids is 2. The largest absolute Gasteiger partial charge is 0.491 e. The molecule has 0 aliphatic carbocycles. The molecule has 1 saturated heterocycles. The summed E-state index contributed by atoms with van der Waals surface area (Å²) in [5.41, 5.74) is 2.75. The second kappa shape index (κ2) is 7.80. The monoisotopic (exact) mass is 355 g/mol. The fourth-order valence-electron chi connectivity index (χ4n) is 2.18. The van der Waals surface area contributed by atoms with E-state index in [0.29, 0.717) is 10.8 Å². The SMILES string of the molecule is CC(COc1ccc(Cl)cc1)NC(=O)N1NN(N(C)C)C(C)C1=O. The Balaban J connectivity index is 1.85. The normalized spacial score (nSPS) is 19.7. The van der Waals surface area contributed by atoms with Gasteiger partial charge in [0, 0.05) is 19.1 Å². The smallest absolute Gasteiger partial charge is 0.340 e. The van der Waals surface area contributed by atoms with Gasteiger partial charge in [-0.1, -0.05) is 11.6 Å². The van der Waals surface area contributed by atoms with E-state index in [1.54, 1.807) is 62.3 Å². The zero-order valence-corrected chi connectivity index (χ0v) is 14.9. The summed E-state index contributed by atoms with van der Waals surface area (Å²) in [4.78, 5) is 24.4. The van der Waals surface area contributed by atoms with E-state index >= 15 is 0 Å². The van der Waals surface area contributed by atoms with E-state index in [1.807, 2.05) is 0 Å². The fraction of sp³-hybridized carbons (Fsp3) is 0.467. The van der Waals surface area contributed by atoms with Crippen LogP contribution in [-0.2, 0) is 4.79 Å². The molecule has 2 unspecified atom stereocenters. The Morgan fingerprint density at radius 1 is 1.42 bits per heavy atom. The molecule has 9 heteroatoms. The predicted octanol–water partition coefficient (Wildman–Crippen LogP) is 1.25. The molecule has 0 spiro atoms. The van der Waals surface area contributed by atoms with Crippen molar-refractivity contribution < 1.29 is 14.3 Å². The summed E-state index contributed by atoms with van der Waals surface area (Å²) in [7, 11) is 3.56. The van der Waals surface area contributed by atoms with Gasteiger partial charge >= 0.3 is 6.03 Å². The highest BCUT2D eigenvalue weighted by Gasteiger charge is 2.40. The van der Waals surface area contributed by atoms with E-state index in [0.717, 1.165) is 5.01 Å². The van der Waals surface area contributed by atoms with E-state index in [-0.39, 0.29) is 18.6 Å². The molecule has 8 nitrogen and oxygen atoms in total. The van der Waals surface area contributed by atoms with Gasteiger partial charge < -0.3 is 10.1 Å². The quantitative estimate of drug-likeness (QED) is 0.827. The van der Waals surface area contributed by atoms with E-state index in [9.17, 15) is 9.59 Å². The molecule has 1 aromatic carbocycles. The van der Waals surface area contributed by atoms with Gasteiger partial charge in [0.1, 0.15) is 18.4 Å². The van der Waals surface area contributed by atoms with Crippen LogP contribution in [0.5, 0.6) is 5.75 Å². The second-order valence-electron chi connectivity index (χ2n) is 5.76. The van der Waals surface area contributed by atoms with Gasteiger partial charge in [-0.3, -0.25) is 4.79 Å². The number of rotatable bonds is 5. The first-order chi connectivity index (χ1) is 11.3. The summed E-state index contributed by atoms with van der Waals surface area (Å²) in [6.07, 6.45) is 0. The van der Waals surface area contributed by atoms with Crippen LogP contribution in [0.1, 0.15) is 13.8 Å². The predicted molar refractivity (Wildman–Crippen MR) is 89.9 cm³/mol. The lowest BCUT2D eigenvalue weighted by atomic mass is 10.3. The molecule has 0 bridgehead atoms. The van der Waals surface area contributed by atoms with Crippen molar-refractivity contribution in [1.82, 2.24) is 26.0 Å². The molecule has 2 rings (SSSR count). The lowest BCUT2D eigenvalue weighted by molar-refractivity contribution is -0.127. The van der Waals surface area contributed by atoms with Crippen LogP contribution in [0.25, 0.3) is 0 Å². The van der Waals surface area contributed by atoms with Gasteiger partial charge in [-0.25, -0.2) is 9.80 Å². The molecule has 0 aromatic heterocycles. The van der Waals surface area contributed by atoms with Gasteiger partial charge in [-0.2, -0.15) is 5.01 Å². The molecule has 2 atom stereocenters. The highest BCUT2D eigenvalue weighted by Crippen LogP contribution is 2.15. The number of hydrogen-bond donors (Lipinski definition) is 2. The average Bonchev–Trinajstić information content (AvgIpc) is 2.83. The van der Waals surface area contributed by atoms with E-state index in [4.69, 9.17) is 16.3 Å². The standard InChI is InChI=1S/C15H22ClN5O3/c1-10(9-24-13-7-5-12(16)6-8-13)17-15(23)20-14(22)11(2)21(18-20)19(3)4/h5-8,10-11,18H,9H2,1-4H3,(H,17,23). The zero-order chi connectivity index (χ0) is 17.9. The van der Waals surface area contributed by atoms with Crippen molar-refractivity contribution >= 4 is 23.5 Å². The molecule has 132 valence electrons. The minimum Gasteiger partial charge on any atom is -0.491 e. The molecule has 2 N–H and O–H groups in total. The van der Waals surface area contributed by atoms with E-state index < -0.39 is 12.1 Å². The Bertz CT molecular complexity index is 595. The van der Waals surface area contributed by atoms with Crippen molar-refractivity contribution in [2.24, 2.45) is 0 Å². The van der Waals surface area contributed by atoms with Crippen LogP contribution in [0.2, 0.25) is 5.02 Å². The first-order valence-electron chi connectivity index (χ1n) is 7.55. The number of carbonyl (C=O) groups is 2. The summed E-state index contributed by atoms with van der Waals surface area (Å²) in [6, 6.07) is 5.67. The maximum absolute atomic E-state index is 12.2. The third kappa shape index (κ3) is 4.35. The number of ether oxygens (including phenoxy) is 1. The van der Waals surface area contributed by atoms with Gasteiger partial charge in [-0.05, 0) is 38.1 Å². The molecular weight excluding hydrogens is 334 g/mol. The van der Waals surface area contributed by atoms with Crippen molar-refractivity contribution in [3.63, 3.8) is 0 Å². The molecule has 1 heterocycles. The van der Waals surface area contributed by atoms with Gasteiger partial charge in [0.05, 0.1) is 6.04 Å². The average molecular weight is 356 g/mol. The van der Waals surface area contributed by atoms with Crippen LogP contribution in [0, 0.1) is 0 Å². The van der Waals surface area contributed by atoms with E-state index in [2.05, 4.69) is 10.9 Å². The number of hydrogen-bond acceptors (Lipinski definition) is 6. The number of imide groups is 1. The van der Waals surface area contributed by atoms with Gasteiger partial charge in [-0.15, -0.1) is 10.7 Å². The van der Waals surface area contributed by atoms with Crippen molar-refractivity contribution in [3.8, 4) is 5.75 Å². The van der Waals surface area contributed by atoms with Gasteiger partial charge in [0.15, 0.2) is 0 Å². The molecule has 0 radical (unpaired) electrons. The highest BCUT2D eigenvalue weighted by molar-refractivity contribution is 6.30. The van der Waals surface area contributed by atoms with Crippen LogP contribution in [0.3, 0.4) is 0 Å². The topological polar surface area (TPSA) is 77.2 Å². The lowest BCUT2D eigenvalue weighted by Crippen LogP contribution is -2.54. The molecular formula is C15H22ClN5O3. The molecule has 0 saturated carbocycles. The van der Waals surface area contributed by atoms with Crippen molar-refractivity contribution in [2.75, 3.05) is 20.7 Å². The molecule has 1 aromatic rings. The van der Waals surface area contributed by atoms with Gasteiger partial charge in [0.2, 0.25) is 0 Å². The van der Waals surface area contributed by atoms with E-state index in [1.165, 1.54) is 0 Å². The minimum absolute atomic E-state index is 0.266. The Hall–Kier alpha value is -1.87. The van der Waals surface area contributed by atoms with Crippen LogP contribution in [-0.4, -0.2) is 59.9 Å². The summed E-state index contributed by atoms with van der Waals surface area (Å²) in [5.74, 6) is 0.329. The number of hydrazine groups is 3. The van der Waals surface area contributed by atoms with Crippen LogP contribution in [0.4, 0.5) is 4.79 Å². The summed E-state index contributed by atoms with van der Waals surface area (Å²) in [5, 5.41) is 7.57. The van der Waals surface area contributed by atoms with Crippen molar-refractivity contribution in [3.05, 3.63) is 29.3 Å². The molecule has 1 fully saturated rings. The number of nitrogens with one attached hydrogen (secondary N) is 2. The summed E-state index contributed by atoms with van der Waals surface area (Å²) >= 11 is 5.81. The Kier molecular flexibility index (Phi) is 6.00. The Morgan fingerprint density at radius 2 is 2.04 bits per heavy atom.